The number of rotatable bonds is 4. The molecule has 1 saturated carbocycles. The van der Waals surface area contributed by atoms with Crippen molar-refractivity contribution < 1.29 is 4.79 Å². The van der Waals surface area contributed by atoms with E-state index in [9.17, 15) is 4.79 Å². The summed E-state index contributed by atoms with van der Waals surface area (Å²) in [4.78, 5) is 12.3. The first-order valence-electron chi connectivity index (χ1n) is 6.14. The summed E-state index contributed by atoms with van der Waals surface area (Å²) in [5.74, 6) is -0.0746. The van der Waals surface area contributed by atoms with Gasteiger partial charge >= 0.3 is 0 Å². The van der Waals surface area contributed by atoms with Crippen molar-refractivity contribution in [1.29, 1.82) is 0 Å². The Morgan fingerprint density at radius 2 is 2.24 bits per heavy atom. The molecule has 1 aromatic heterocycles. The third-order valence-electron chi connectivity index (χ3n) is 3.01. The lowest BCUT2D eigenvalue weighted by Gasteiger charge is -2.10. The molecule has 0 unspecified atom stereocenters. The predicted octanol–water partition coefficient (Wildman–Crippen LogP) is 2.43. The van der Waals surface area contributed by atoms with Crippen molar-refractivity contribution in [3.05, 3.63) is 10.9 Å². The van der Waals surface area contributed by atoms with E-state index in [2.05, 4.69) is 10.6 Å². The average molecular weight is 253 g/mol. The van der Waals surface area contributed by atoms with Crippen LogP contribution < -0.4 is 16.4 Å². The molecule has 0 aromatic carbocycles. The van der Waals surface area contributed by atoms with Gasteiger partial charge in [0.25, 0.3) is 5.91 Å². The molecule has 0 spiro atoms. The molecule has 0 bridgehead atoms. The monoisotopic (exact) mass is 253 g/mol. The molecular weight excluding hydrogens is 234 g/mol. The minimum atomic E-state index is -0.0746. The summed E-state index contributed by atoms with van der Waals surface area (Å²) in [5, 5.41) is 7.24. The van der Waals surface area contributed by atoms with E-state index in [0.717, 1.165) is 5.00 Å². The van der Waals surface area contributed by atoms with Gasteiger partial charge in [-0.1, -0.05) is 12.8 Å². The normalized spacial score (nSPS) is 16.1. The van der Waals surface area contributed by atoms with Crippen LogP contribution in [0, 0.1) is 0 Å². The Kier molecular flexibility index (Phi) is 3.89. The maximum atomic E-state index is 11.7. The number of carbonyl (C=O) groups excluding carboxylic acids is 1. The number of nitrogens with one attached hydrogen (secondary N) is 2. The van der Waals surface area contributed by atoms with E-state index < -0.39 is 0 Å². The second-order valence-electron chi connectivity index (χ2n) is 4.38. The zero-order valence-electron chi connectivity index (χ0n) is 10.1. The van der Waals surface area contributed by atoms with Crippen LogP contribution in [0.1, 0.15) is 42.3 Å². The predicted molar refractivity (Wildman–Crippen MR) is 72.6 cm³/mol. The molecule has 4 nitrogen and oxygen atoms in total. The zero-order chi connectivity index (χ0) is 12.3. The average Bonchev–Trinajstić information content (AvgIpc) is 2.89. The molecule has 1 aliphatic carbocycles. The highest BCUT2D eigenvalue weighted by Crippen LogP contribution is 2.31. The van der Waals surface area contributed by atoms with Crippen molar-refractivity contribution in [3.63, 3.8) is 0 Å². The molecule has 1 fully saturated rings. The molecular formula is C12H19N3OS. The van der Waals surface area contributed by atoms with Gasteiger partial charge in [0, 0.05) is 12.6 Å². The Labute approximate surface area is 106 Å². The third-order valence-corrected chi connectivity index (χ3v) is 4.09. The minimum absolute atomic E-state index is 0.0746. The number of nitrogen functional groups attached to an aromatic ring is 1. The molecule has 0 saturated heterocycles. The van der Waals surface area contributed by atoms with E-state index in [0.29, 0.717) is 23.2 Å². The Morgan fingerprint density at radius 3 is 2.88 bits per heavy atom. The van der Waals surface area contributed by atoms with Gasteiger partial charge in [0.1, 0.15) is 4.88 Å². The molecule has 2 rings (SSSR count). The van der Waals surface area contributed by atoms with Crippen molar-refractivity contribution in [2.45, 2.75) is 38.6 Å². The Morgan fingerprint density at radius 1 is 1.53 bits per heavy atom. The highest BCUT2D eigenvalue weighted by molar-refractivity contribution is 7.18. The number of amides is 1. The van der Waals surface area contributed by atoms with Gasteiger partial charge in [0.15, 0.2) is 0 Å². The topological polar surface area (TPSA) is 67.2 Å². The summed E-state index contributed by atoms with van der Waals surface area (Å²) in [6.45, 7) is 2.53. The van der Waals surface area contributed by atoms with Gasteiger partial charge in [-0.2, -0.15) is 0 Å². The lowest BCUT2D eigenvalue weighted by atomic mass is 10.2. The molecule has 1 aromatic rings. The van der Waals surface area contributed by atoms with Crippen LogP contribution in [0.3, 0.4) is 0 Å². The van der Waals surface area contributed by atoms with E-state index in [1.807, 2.05) is 13.0 Å². The van der Waals surface area contributed by atoms with Gasteiger partial charge in [-0.05, 0) is 25.8 Å². The summed E-state index contributed by atoms with van der Waals surface area (Å²) in [6, 6.07) is 2.42. The number of hydrogen-bond donors (Lipinski definition) is 3. The minimum Gasteiger partial charge on any atom is -0.397 e. The molecule has 17 heavy (non-hydrogen) atoms. The lowest BCUT2D eigenvalue weighted by Crippen LogP contribution is -2.22. The van der Waals surface area contributed by atoms with Gasteiger partial charge in [0.05, 0.1) is 10.7 Å². The first-order chi connectivity index (χ1) is 8.20. The SMILES string of the molecule is CCNC(=O)c1sc(NC2CCCC2)cc1N. The Balaban J connectivity index is 2.04. The number of anilines is 2. The van der Waals surface area contributed by atoms with Crippen molar-refractivity contribution in [1.82, 2.24) is 5.32 Å². The molecule has 0 aliphatic heterocycles. The van der Waals surface area contributed by atoms with Gasteiger partial charge in [0.2, 0.25) is 0 Å². The highest BCUT2D eigenvalue weighted by atomic mass is 32.1. The van der Waals surface area contributed by atoms with E-state index in [1.54, 1.807) is 0 Å². The van der Waals surface area contributed by atoms with Crippen LogP contribution in [0.2, 0.25) is 0 Å². The summed E-state index contributed by atoms with van der Waals surface area (Å²) < 4.78 is 0. The fourth-order valence-corrected chi connectivity index (χ4v) is 3.14. The van der Waals surface area contributed by atoms with Crippen LogP contribution in [0.5, 0.6) is 0 Å². The van der Waals surface area contributed by atoms with Gasteiger partial charge < -0.3 is 16.4 Å². The van der Waals surface area contributed by atoms with Gasteiger partial charge in [-0.3, -0.25) is 4.79 Å². The summed E-state index contributed by atoms with van der Waals surface area (Å²) in [5.41, 5.74) is 6.43. The fraction of sp³-hybridized carbons (Fsp3) is 0.583. The van der Waals surface area contributed by atoms with Gasteiger partial charge in [-0.15, -0.1) is 11.3 Å². The van der Waals surface area contributed by atoms with Gasteiger partial charge in [-0.25, -0.2) is 0 Å². The molecule has 0 atom stereocenters. The summed E-state index contributed by atoms with van der Waals surface area (Å²) in [7, 11) is 0. The maximum Gasteiger partial charge on any atom is 0.263 e. The van der Waals surface area contributed by atoms with Crippen LogP contribution >= 0.6 is 11.3 Å². The number of carbonyl (C=O) groups is 1. The largest absolute Gasteiger partial charge is 0.397 e. The van der Waals surface area contributed by atoms with Crippen molar-refractivity contribution >= 4 is 27.9 Å². The van der Waals surface area contributed by atoms with E-state index in [4.69, 9.17) is 5.73 Å². The number of thiophene rings is 1. The lowest BCUT2D eigenvalue weighted by molar-refractivity contribution is 0.0960. The molecule has 4 N–H and O–H groups in total. The quantitative estimate of drug-likeness (QED) is 0.772. The van der Waals surface area contributed by atoms with E-state index in [-0.39, 0.29) is 5.91 Å². The summed E-state index contributed by atoms with van der Waals surface area (Å²) in [6.07, 6.45) is 5.02. The van der Waals surface area contributed by atoms with Crippen LogP contribution in [0.15, 0.2) is 6.07 Å². The van der Waals surface area contributed by atoms with E-state index >= 15 is 0 Å². The number of hydrogen-bond acceptors (Lipinski definition) is 4. The Hall–Kier alpha value is -1.23. The maximum absolute atomic E-state index is 11.7. The molecule has 1 heterocycles. The van der Waals surface area contributed by atoms with Crippen molar-refractivity contribution in [3.8, 4) is 0 Å². The molecule has 5 heteroatoms. The molecule has 0 radical (unpaired) electrons. The third kappa shape index (κ3) is 2.91. The first-order valence-corrected chi connectivity index (χ1v) is 6.96. The Bertz CT molecular complexity index is 396. The smallest absolute Gasteiger partial charge is 0.263 e. The van der Waals surface area contributed by atoms with E-state index in [1.165, 1.54) is 37.0 Å². The second-order valence-corrected chi connectivity index (χ2v) is 5.43. The van der Waals surface area contributed by atoms with Crippen LogP contribution in [-0.4, -0.2) is 18.5 Å². The standard InChI is InChI=1S/C12H19N3OS/c1-2-14-12(16)11-9(13)7-10(17-11)15-8-5-3-4-6-8/h7-8,15H,2-6,13H2,1H3,(H,14,16). The van der Waals surface area contributed by atoms with Crippen molar-refractivity contribution in [2.75, 3.05) is 17.6 Å². The fourth-order valence-electron chi connectivity index (χ4n) is 2.17. The zero-order valence-corrected chi connectivity index (χ0v) is 10.9. The molecule has 1 aliphatic rings. The first kappa shape index (κ1) is 12.2. The second kappa shape index (κ2) is 5.40. The van der Waals surface area contributed by atoms with Crippen LogP contribution in [-0.2, 0) is 0 Å². The number of nitrogens with two attached hydrogens (primary N) is 1. The summed E-state index contributed by atoms with van der Waals surface area (Å²) >= 11 is 1.45. The van der Waals surface area contributed by atoms with Crippen LogP contribution in [0.25, 0.3) is 0 Å². The molecule has 94 valence electrons. The van der Waals surface area contributed by atoms with Crippen molar-refractivity contribution in [2.24, 2.45) is 0 Å². The van der Waals surface area contributed by atoms with Crippen LogP contribution in [0.4, 0.5) is 10.7 Å². The molecule has 1 amide bonds. The highest BCUT2D eigenvalue weighted by Gasteiger charge is 2.18.